The lowest BCUT2D eigenvalue weighted by atomic mass is 9.82. The molecule has 0 radical (unpaired) electrons. The van der Waals surface area contributed by atoms with Crippen LogP contribution in [0.4, 0.5) is 0 Å². The van der Waals surface area contributed by atoms with Crippen LogP contribution >= 0.6 is 0 Å². The molecule has 5 nitrogen and oxygen atoms in total. The Bertz CT molecular complexity index is 876. The van der Waals surface area contributed by atoms with Crippen LogP contribution in [0.25, 0.3) is 5.57 Å². The van der Waals surface area contributed by atoms with Gasteiger partial charge in [-0.15, -0.1) is 0 Å². The van der Waals surface area contributed by atoms with E-state index in [2.05, 4.69) is 5.32 Å². The maximum Gasteiger partial charge on any atom is 0.336 e. The molecule has 0 aliphatic carbocycles. The van der Waals surface area contributed by atoms with Crippen LogP contribution in [0.3, 0.4) is 0 Å². The van der Waals surface area contributed by atoms with Crippen molar-refractivity contribution in [1.82, 2.24) is 5.32 Å². The van der Waals surface area contributed by atoms with E-state index in [1.165, 1.54) is 7.11 Å². The number of carbonyl (C=O) groups is 2. The van der Waals surface area contributed by atoms with Gasteiger partial charge in [-0.2, -0.15) is 0 Å². The van der Waals surface area contributed by atoms with Gasteiger partial charge in [0.2, 0.25) is 0 Å². The van der Waals surface area contributed by atoms with Crippen LogP contribution in [-0.4, -0.2) is 31.2 Å². The second-order valence-electron chi connectivity index (χ2n) is 6.61. The van der Waals surface area contributed by atoms with Crippen LogP contribution in [-0.2, 0) is 19.1 Å². The highest BCUT2D eigenvalue weighted by Crippen LogP contribution is 2.46. The number of hydrogen-bond acceptors (Lipinski definition) is 5. The van der Waals surface area contributed by atoms with Crippen LogP contribution in [0.15, 0.2) is 66.2 Å². The molecule has 1 aliphatic heterocycles. The number of esters is 2. The fraction of sp³-hybridized carbons (Fsp3) is 0.304. The van der Waals surface area contributed by atoms with E-state index in [-0.39, 0.29) is 6.61 Å². The normalized spacial score (nSPS) is 21.5. The Kier molecular flexibility index (Phi) is 5.95. The summed E-state index contributed by atoms with van der Waals surface area (Å²) in [6, 6.07) is 18.6. The average molecular weight is 379 g/mol. The van der Waals surface area contributed by atoms with E-state index in [1.807, 2.05) is 67.6 Å². The summed E-state index contributed by atoms with van der Waals surface area (Å²) in [5, 5.41) is 3.41. The molecule has 0 saturated carbocycles. The van der Waals surface area contributed by atoms with E-state index < -0.39 is 23.5 Å². The first-order valence-electron chi connectivity index (χ1n) is 9.47. The number of rotatable bonds is 6. The van der Waals surface area contributed by atoms with Gasteiger partial charge in [-0.05, 0) is 24.5 Å². The predicted octanol–water partition coefficient (Wildman–Crippen LogP) is 3.67. The highest BCUT2D eigenvalue weighted by molar-refractivity contribution is 6.10. The van der Waals surface area contributed by atoms with Crippen molar-refractivity contribution in [3.8, 4) is 0 Å². The van der Waals surface area contributed by atoms with Crippen molar-refractivity contribution in [1.29, 1.82) is 0 Å². The SMILES string of the molecule is CCOC(=O)C1=C(c2ccccc2)[C@@](CC)(C(=O)OC)N[C@H]1c1ccccc1. The third kappa shape index (κ3) is 3.34. The number of carbonyl (C=O) groups excluding carboxylic acids is 2. The summed E-state index contributed by atoms with van der Waals surface area (Å²) < 4.78 is 10.6. The molecule has 2 aromatic rings. The number of benzene rings is 2. The Balaban J connectivity index is 2.31. The van der Waals surface area contributed by atoms with Crippen LogP contribution < -0.4 is 5.32 Å². The first-order valence-corrected chi connectivity index (χ1v) is 9.47. The Morgan fingerprint density at radius 3 is 2.14 bits per heavy atom. The maximum atomic E-state index is 13.1. The largest absolute Gasteiger partial charge is 0.467 e. The third-order valence-corrected chi connectivity index (χ3v) is 5.13. The molecule has 0 aromatic heterocycles. The summed E-state index contributed by atoms with van der Waals surface area (Å²) in [5.41, 5.74) is 1.61. The molecule has 2 aromatic carbocycles. The molecule has 0 saturated heterocycles. The Morgan fingerprint density at radius 2 is 1.61 bits per heavy atom. The maximum absolute atomic E-state index is 13.1. The fourth-order valence-electron chi connectivity index (χ4n) is 3.85. The zero-order valence-electron chi connectivity index (χ0n) is 16.4. The summed E-state index contributed by atoms with van der Waals surface area (Å²) in [5.74, 6) is -0.851. The lowest BCUT2D eigenvalue weighted by Crippen LogP contribution is -2.50. The number of hydrogen-bond donors (Lipinski definition) is 1. The van der Waals surface area contributed by atoms with E-state index >= 15 is 0 Å². The summed E-state index contributed by atoms with van der Waals surface area (Å²) >= 11 is 0. The van der Waals surface area contributed by atoms with E-state index in [4.69, 9.17) is 9.47 Å². The first kappa shape index (κ1) is 19.8. The molecule has 0 bridgehead atoms. The molecule has 1 N–H and O–H groups in total. The number of nitrogens with one attached hydrogen (secondary N) is 1. The molecular weight excluding hydrogens is 354 g/mol. The van der Waals surface area contributed by atoms with Crippen molar-refractivity contribution in [3.05, 3.63) is 77.4 Å². The molecule has 3 rings (SSSR count). The van der Waals surface area contributed by atoms with E-state index in [9.17, 15) is 9.59 Å². The van der Waals surface area contributed by atoms with Crippen LogP contribution in [0.1, 0.15) is 37.4 Å². The molecule has 0 unspecified atom stereocenters. The highest BCUT2D eigenvalue weighted by Gasteiger charge is 2.53. The van der Waals surface area contributed by atoms with Crippen molar-refractivity contribution in [2.24, 2.45) is 0 Å². The number of methoxy groups -OCH3 is 1. The molecule has 1 heterocycles. The third-order valence-electron chi connectivity index (χ3n) is 5.13. The number of ether oxygens (including phenoxy) is 2. The van der Waals surface area contributed by atoms with Crippen molar-refractivity contribution < 1.29 is 19.1 Å². The van der Waals surface area contributed by atoms with Crippen molar-refractivity contribution >= 4 is 17.5 Å². The molecule has 5 heteroatoms. The van der Waals surface area contributed by atoms with Crippen molar-refractivity contribution in [2.45, 2.75) is 31.8 Å². The molecule has 28 heavy (non-hydrogen) atoms. The summed E-state index contributed by atoms with van der Waals surface area (Å²) in [6.07, 6.45) is 0.427. The van der Waals surface area contributed by atoms with E-state index in [0.29, 0.717) is 17.6 Å². The molecule has 146 valence electrons. The lowest BCUT2D eigenvalue weighted by Gasteiger charge is -2.30. The minimum atomic E-state index is -1.14. The van der Waals surface area contributed by atoms with Gasteiger partial charge in [0.25, 0.3) is 0 Å². The Morgan fingerprint density at radius 1 is 1.00 bits per heavy atom. The average Bonchev–Trinajstić information content (AvgIpc) is 3.11. The standard InChI is InChI=1S/C23H25NO4/c1-4-23(22(26)27-3)19(16-12-8-6-9-13-16)18(21(25)28-5-2)20(24-23)17-14-10-7-11-15-17/h6-15,20,24H,4-5H2,1-3H3/t20-,23-/m0/s1. The molecule has 0 spiro atoms. The van der Waals surface area contributed by atoms with Crippen molar-refractivity contribution in [3.63, 3.8) is 0 Å². The minimum Gasteiger partial charge on any atom is -0.467 e. The quantitative estimate of drug-likeness (QED) is 0.776. The van der Waals surface area contributed by atoms with Gasteiger partial charge < -0.3 is 9.47 Å². The van der Waals surface area contributed by atoms with E-state index in [1.54, 1.807) is 6.92 Å². The molecule has 1 aliphatic rings. The monoisotopic (exact) mass is 379 g/mol. The zero-order chi connectivity index (χ0) is 20.1. The van der Waals surface area contributed by atoms with Crippen LogP contribution in [0.5, 0.6) is 0 Å². The first-order chi connectivity index (χ1) is 13.6. The van der Waals surface area contributed by atoms with Gasteiger partial charge in [-0.3, -0.25) is 5.32 Å². The Labute approximate surface area is 165 Å². The molecule has 0 fully saturated rings. The fourth-order valence-corrected chi connectivity index (χ4v) is 3.85. The summed E-state index contributed by atoms with van der Waals surface area (Å²) in [7, 11) is 1.36. The predicted molar refractivity (Wildman–Crippen MR) is 107 cm³/mol. The van der Waals surface area contributed by atoms with Gasteiger partial charge in [0.05, 0.1) is 25.3 Å². The second-order valence-corrected chi connectivity index (χ2v) is 6.61. The second kappa shape index (κ2) is 8.40. The van der Waals surface area contributed by atoms with Crippen LogP contribution in [0, 0.1) is 0 Å². The molecule has 0 amide bonds. The molecule has 2 atom stereocenters. The minimum absolute atomic E-state index is 0.253. The zero-order valence-corrected chi connectivity index (χ0v) is 16.4. The topological polar surface area (TPSA) is 64.6 Å². The van der Waals surface area contributed by atoms with Gasteiger partial charge in [-0.1, -0.05) is 67.6 Å². The van der Waals surface area contributed by atoms with E-state index in [0.717, 1.165) is 11.1 Å². The van der Waals surface area contributed by atoms with Gasteiger partial charge in [-0.25, -0.2) is 9.59 Å². The smallest absolute Gasteiger partial charge is 0.336 e. The van der Waals surface area contributed by atoms with Gasteiger partial charge in [0.15, 0.2) is 0 Å². The molecular formula is C23H25NO4. The summed E-state index contributed by atoms with van der Waals surface area (Å²) in [4.78, 5) is 26.0. The lowest BCUT2D eigenvalue weighted by molar-refractivity contribution is -0.146. The van der Waals surface area contributed by atoms with Crippen molar-refractivity contribution in [2.75, 3.05) is 13.7 Å². The van der Waals surface area contributed by atoms with Gasteiger partial charge in [0, 0.05) is 5.57 Å². The van der Waals surface area contributed by atoms with Gasteiger partial charge >= 0.3 is 11.9 Å². The highest BCUT2D eigenvalue weighted by atomic mass is 16.5. The van der Waals surface area contributed by atoms with Crippen LogP contribution in [0.2, 0.25) is 0 Å². The Hall–Kier alpha value is -2.92. The van der Waals surface area contributed by atoms with Gasteiger partial charge in [0.1, 0.15) is 5.54 Å². The summed E-state index contributed by atoms with van der Waals surface area (Å²) in [6.45, 7) is 3.93.